The lowest BCUT2D eigenvalue weighted by molar-refractivity contribution is -0.127. The van der Waals surface area contributed by atoms with E-state index in [0.29, 0.717) is 38.7 Å². The van der Waals surface area contributed by atoms with Crippen molar-refractivity contribution in [3.63, 3.8) is 0 Å². The molecule has 0 radical (unpaired) electrons. The predicted octanol–water partition coefficient (Wildman–Crippen LogP) is 12.5. The van der Waals surface area contributed by atoms with Gasteiger partial charge in [0.1, 0.15) is 31.8 Å². The van der Waals surface area contributed by atoms with E-state index in [1.165, 1.54) is 25.0 Å². The van der Waals surface area contributed by atoms with E-state index in [1.807, 2.05) is 32.7 Å². The Morgan fingerprint density at radius 3 is 1.66 bits per heavy atom. The lowest BCUT2D eigenvalue weighted by Crippen LogP contribution is -2.39. The van der Waals surface area contributed by atoms with Gasteiger partial charge in [-0.3, -0.25) is 0 Å². The molecule has 4 aromatic rings. The van der Waals surface area contributed by atoms with Crippen LogP contribution in [0, 0.1) is 5.92 Å². The van der Waals surface area contributed by atoms with Crippen LogP contribution >= 0.6 is 57.5 Å². The number of anilines is 1. The lowest BCUT2D eigenvalue weighted by Gasteiger charge is -2.26. The highest BCUT2D eigenvalue weighted by atomic mass is 35.5. The molecule has 2 N–H and O–H groups in total. The Balaban J connectivity index is 0.000000222. The van der Waals surface area contributed by atoms with Gasteiger partial charge >= 0.3 is 24.5 Å². The van der Waals surface area contributed by atoms with E-state index in [-0.39, 0.29) is 43.7 Å². The minimum atomic E-state index is -4.30. The van der Waals surface area contributed by atoms with Crippen molar-refractivity contribution in [3.8, 4) is 0 Å². The number of thiophene rings is 2. The zero-order valence-corrected chi connectivity index (χ0v) is 38.8. The van der Waals surface area contributed by atoms with E-state index in [4.69, 9.17) is 44.3 Å². The first-order valence-electron chi connectivity index (χ1n) is 19.5. The Morgan fingerprint density at radius 1 is 0.721 bits per heavy atom. The fourth-order valence-corrected chi connectivity index (χ4v) is 9.69. The molecule has 4 aromatic heterocycles. The van der Waals surface area contributed by atoms with E-state index in [0.717, 1.165) is 54.3 Å². The van der Waals surface area contributed by atoms with E-state index in [1.54, 1.807) is 20.8 Å². The molecular weight excluding hydrogens is 915 g/mol. The number of aromatic nitrogens is 4. The summed E-state index contributed by atoms with van der Waals surface area (Å²) in [6, 6.07) is 3.14. The molecule has 61 heavy (non-hydrogen) atoms. The molecule has 0 bridgehead atoms. The fourth-order valence-electron chi connectivity index (χ4n) is 6.82. The summed E-state index contributed by atoms with van der Waals surface area (Å²) in [4.78, 5) is 42.3. The molecule has 0 unspecified atom stereocenters. The number of fused-ring (bicyclic) bond motifs is 2. The third kappa shape index (κ3) is 16.8. The largest absolute Gasteiger partial charge is 0.444 e. The van der Waals surface area contributed by atoms with Crippen molar-refractivity contribution in [1.29, 1.82) is 0 Å². The average Bonchev–Trinajstić information content (AvgIpc) is 3.88. The highest BCUT2D eigenvalue weighted by molar-refractivity contribution is 7.19. The van der Waals surface area contributed by atoms with E-state index < -0.39 is 42.5 Å². The summed E-state index contributed by atoms with van der Waals surface area (Å²) in [7, 11) is 1.83. The summed E-state index contributed by atoms with van der Waals surface area (Å²) in [5.41, 5.74) is -0.970. The average molecular weight is 965 g/mol. The van der Waals surface area contributed by atoms with Gasteiger partial charge in [-0.15, -0.1) is 22.7 Å². The minimum Gasteiger partial charge on any atom is -0.444 e. The summed E-state index contributed by atoms with van der Waals surface area (Å²) in [6.07, 6.45) is -4.42. The number of carbonyl (C=O) groups excluding carboxylic acids is 2. The maximum absolute atomic E-state index is 12.8. The normalized spacial score (nSPS) is 19.5. The van der Waals surface area contributed by atoms with Gasteiger partial charge < -0.3 is 25.0 Å². The van der Waals surface area contributed by atoms with Crippen molar-refractivity contribution in [3.05, 3.63) is 37.6 Å². The molecule has 2 fully saturated rings. The van der Waals surface area contributed by atoms with Crippen LogP contribution in [0.25, 0.3) is 20.4 Å². The Kier molecular flexibility index (Phi) is 17.0. The van der Waals surface area contributed by atoms with Crippen LogP contribution in [-0.4, -0.2) is 80.9 Å². The Labute approximate surface area is 373 Å². The Hall–Kier alpha value is -3.13. The molecule has 0 aromatic carbocycles. The van der Waals surface area contributed by atoms with Gasteiger partial charge in [0.15, 0.2) is 0 Å². The number of hydrogen-bond donors (Lipinski definition) is 2. The van der Waals surface area contributed by atoms with Crippen LogP contribution in [0.3, 0.4) is 0 Å². The number of nitrogens with zero attached hydrogens (tertiary/aromatic N) is 5. The molecule has 2 amide bonds. The van der Waals surface area contributed by atoms with Gasteiger partial charge in [0.2, 0.25) is 10.6 Å². The van der Waals surface area contributed by atoms with Crippen molar-refractivity contribution >= 4 is 95.9 Å². The zero-order valence-electron chi connectivity index (χ0n) is 34.9. The highest BCUT2D eigenvalue weighted by Gasteiger charge is 2.34. The molecule has 0 aliphatic heterocycles. The standard InChI is InChI=1S/C19H24ClF3N4O2S.C12H23NO2.C8H3Cl2F3N2S/c1-18(2,3)29-17(28)24-10-5-6-11(7-10)27(4)14-13-8-12(9-19(21,22)23)30-15(13)26-16(20)25-14;1-5-9-6-7-10(8-9)13-11(14)15-12(2,3)4;9-5-4-1-3(2-8(11,12)13)16-6(4)15-7(10)14-5/h8,10-11H,5-7,9H2,1-4H3,(H,24,28);9-10H,5-8H2,1-4H3,(H,13,14);1H,2H2/t10-,11+;9-,10+;/m01./s1. The van der Waals surface area contributed by atoms with Gasteiger partial charge in [0, 0.05) is 40.3 Å². The summed E-state index contributed by atoms with van der Waals surface area (Å²) in [5, 5.41) is 6.76. The monoisotopic (exact) mass is 963 g/mol. The number of carbonyl (C=O) groups is 2. The van der Waals surface area contributed by atoms with Crippen LogP contribution < -0.4 is 15.5 Å². The Morgan fingerprint density at radius 2 is 1.18 bits per heavy atom. The van der Waals surface area contributed by atoms with Gasteiger partial charge in [-0.2, -0.15) is 31.3 Å². The number of alkyl carbamates (subject to hydrolysis) is 2. The number of alkyl halides is 6. The number of rotatable bonds is 7. The molecule has 6 rings (SSSR count). The third-order valence-electron chi connectivity index (χ3n) is 9.36. The molecule has 2 aliphatic rings. The molecule has 11 nitrogen and oxygen atoms in total. The van der Waals surface area contributed by atoms with E-state index in [2.05, 4.69) is 37.5 Å². The van der Waals surface area contributed by atoms with Gasteiger partial charge in [-0.25, -0.2) is 24.5 Å². The molecule has 4 atom stereocenters. The predicted molar refractivity (Wildman–Crippen MR) is 229 cm³/mol. The second kappa shape index (κ2) is 20.6. The van der Waals surface area contributed by atoms with Crippen LogP contribution in [-0.2, 0) is 22.3 Å². The van der Waals surface area contributed by atoms with Crippen LogP contribution in [0.5, 0.6) is 0 Å². The number of halogens is 9. The zero-order chi connectivity index (χ0) is 45.7. The van der Waals surface area contributed by atoms with E-state index >= 15 is 0 Å². The summed E-state index contributed by atoms with van der Waals surface area (Å²) >= 11 is 19.2. The summed E-state index contributed by atoms with van der Waals surface area (Å²) in [6.45, 7) is 13.3. The molecule has 0 saturated heterocycles. The van der Waals surface area contributed by atoms with Gasteiger partial charge in [-0.05, 0) is 121 Å². The van der Waals surface area contributed by atoms with Gasteiger partial charge in [0.25, 0.3) is 0 Å². The molecular formula is C39H50Cl3F6N7O4S2. The first-order chi connectivity index (χ1) is 28.1. The van der Waals surface area contributed by atoms with Crippen LogP contribution in [0.15, 0.2) is 12.1 Å². The lowest BCUT2D eigenvalue weighted by atomic mass is 10.1. The molecule has 0 spiro atoms. The molecule has 22 heteroatoms. The third-order valence-corrected chi connectivity index (χ3v) is 12.0. The topological polar surface area (TPSA) is 131 Å². The number of ether oxygens (including phenoxy) is 2. The second-order valence-electron chi connectivity index (χ2n) is 16.9. The molecule has 2 saturated carbocycles. The van der Waals surface area contributed by atoms with Crippen LogP contribution in [0.1, 0.15) is 103 Å². The summed E-state index contributed by atoms with van der Waals surface area (Å²) < 4.78 is 85.4. The first-order valence-corrected chi connectivity index (χ1v) is 22.3. The molecule has 2 aliphatic carbocycles. The van der Waals surface area contributed by atoms with Crippen molar-refractivity contribution in [2.45, 2.75) is 148 Å². The SMILES string of the molecule is CC[C@@H]1CC[C@H](NC(=O)OC(C)(C)C)C1.CN(c1nc(Cl)nc2sc(CC(F)(F)F)cc12)[C@@H]1CC[C@H](NC(=O)OC(C)(C)C)C1.FC(F)(F)Cc1cc2c(Cl)nc(Cl)nc2s1. The maximum atomic E-state index is 12.8. The van der Waals surface area contributed by atoms with Crippen molar-refractivity contribution in [2.75, 3.05) is 11.9 Å². The van der Waals surface area contributed by atoms with E-state index in [9.17, 15) is 35.9 Å². The van der Waals surface area contributed by atoms with Crippen LogP contribution in [0.2, 0.25) is 15.7 Å². The quantitative estimate of drug-likeness (QED) is 0.106. The van der Waals surface area contributed by atoms with Crippen molar-refractivity contribution in [2.24, 2.45) is 5.92 Å². The number of amides is 2. The fraction of sp³-hybridized carbons (Fsp3) is 0.641. The molecule has 4 heterocycles. The smallest absolute Gasteiger partial charge is 0.407 e. The second-order valence-corrected chi connectivity index (χ2v) is 20.2. The first kappa shape index (κ1) is 50.5. The Bertz CT molecular complexity index is 2130. The van der Waals surface area contributed by atoms with Crippen molar-refractivity contribution in [1.82, 2.24) is 30.6 Å². The number of nitrogens with one attached hydrogen (secondary N) is 2. The number of hydrogen-bond acceptors (Lipinski definition) is 11. The van der Waals surface area contributed by atoms with Crippen LogP contribution in [0.4, 0.5) is 41.7 Å². The minimum absolute atomic E-state index is 0.00816. The van der Waals surface area contributed by atoms with Gasteiger partial charge in [-0.1, -0.05) is 24.9 Å². The van der Waals surface area contributed by atoms with Gasteiger partial charge in [0.05, 0.1) is 18.2 Å². The van der Waals surface area contributed by atoms with Crippen molar-refractivity contribution < 1.29 is 45.4 Å². The maximum Gasteiger partial charge on any atom is 0.407 e. The highest BCUT2D eigenvalue weighted by Crippen LogP contribution is 2.38. The molecule has 340 valence electrons. The summed E-state index contributed by atoms with van der Waals surface area (Å²) in [5.74, 6) is 1.28.